The Bertz CT molecular complexity index is 714. The van der Waals surface area contributed by atoms with Gasteiger partial charge in [0.1, 0.15) is 0 Å². The van der Waals surface area contributed by atoms with E-state index in [0.717, 1.165) is 16.8 Å². The molecule has 116 valence electrons. The van der Waals surface area contributed by atoms with Gasteiger partial charge in [-0.15, -0.1) is 0 Å². The SMILES string of the molecule is O=C(NC/C=C/c1cccnc1)C1CC(c2cccnc2)=NO1. The van der Waals surface area contributed by atoms with Crippen LogP contribution < -0.4 is 5.32 Å². The van der Waals surface area contributed by atoms with Crippen LogP contribution in [0.15, 0.2) is 60.3 Å². The lowest BCUT2D eigenvalue weighted by atomic mass is 10.1. The van der Waals surface area contributed by atoms with Crippen molar-refractivity contribution in [2.75, 3.05) is 6.54 Å². The van der Waals surface area contributed by atoms with Crippen molar-refractivity contribution in [3.63, 3.8) is 0 Å². The summed E-state index contributed by atoms with van der Waals surface area (Å²) in [4.78, 5) is 25.3. The summed E-state index contributed by atoms with van der Waals surface area (Å²) in [5, 5.41) is 6.78. The zero-order valence-corrected chi connectivity index (χ0v) is 12.4. The standard InChI is InChI=1S/C17H16N4O2/c22-17(20-9-2-5-13-4-1-7-18-11-13)16-10-15(21-23-16)14-6-3-8-19-12-14/h1-8,11-12,16H,9-10H2,(H,20,22)/b5-2+. The largest absolute Gasteiger partial charge is 0.382 e. The Labute approximate surface area is 133 Å². The van der Waals surface area contributed by atoms with Crippen LogP contribution in [0.5, 0.6) is 0 Å². The molecule has 2 aromatic heterocycles. The lowest BCUT2D eigenvalue weighted by molar-refractivity contribution is -0.130. The summed E-state index contributed by atoms with van der Waals surface area (Å²) in [7, 11) is 0. The van der Waals surface area contributed by atoms with E-state index in [1.54, 1.807) is 24.8 Å². The molecule has 2 aromatic rings. The van der Waals surface area contributed by atoms with Crippen LogP contribution in [-0.2, 0) is 9.63 Å². The monoisotopic (exact) mass is 308 g/mol. The Morgan fingerprint density at radius 1 is 1.26 bits per heavy atom. The number of oxime groups is 1. The van der Waals surface area contributed by atoms with Gasteiger partial charge in [0, 0.05) is 43.3 Å². The Kier molecular flexibility index (Phi) is 4.73. The summed E-state index contributed by atoms with van der Waals surface area (Å²) in [5.41, 5.74) is 2.60. The highest BCUT2D eigenvalue weighted by Crippen LogP contribution is 2.16. The molecule has 1 aliphatic rings. The van der Waals surface area contributed by atoms with Gasteiger partial charge in [0.05, 0.1) is 5.71 Å². The fourth-order valence-corrected chi connectivity index (χ4v) is 2.16. The summed E-state index contributed by atoms with van der Waals surface area (Å²) in [6, 6.07) is 7.53. The predicted molar refractivity (Wildman–Crippen MR) is 86.5 cm³/mol. The molecule has 1 atom stereocenters. The van der Waals surface area contributed by atoms with Crippen molar-refractivity contribution in [1.29, 1.82) is 0 Å². The molecule has 0 saturated carbocycles. The van der Waals surface area contributed by atoms with E-state index in [4.69, 9.17) is 4.84 Å². The molecule has 1 aliphatic heterocycles. The minimum absolute atomic E-state index is 0.177. The highest BCUT2D eigenvalue weighted by atomic mass is 16.6. The van der Waals surface area contributed by atoms with Crippen molar-refractivity contribution in [3.05, 3.63) is 66.3 Å². The van der Waals surface area contributed by atoms with Gasteiger partial charge < -0.3 is 10.2 Å². The fourth-order valence-electron chi connectivity index (χ4n) is 2.16. The van der Waals surface area contributed by atoms with E-state index in [9.17, 15) is 4.79 Å². The van der Waals surface area contributed by atoms with Crippen LogP contribution in [0.4, 0.5) is 0 Å². The van der Waals surface area contributed by atoms with Gasteiger partial charge in [0.2, 0.25) is 6.10 Å². The summed E-state index contributed by atoms with van der Waals surface area (Å²) in [5.74, 6) is -0.177. The second kappa shape index (κ2) is 7.31. The van der Waals surface area contributed by atoms with Gasteiger partial charge in [-0.1, -0.05) is 23.4 Å². The maximum atomic E-state index is 12.1. The topological polar surface area (TPSA) is 76.5 Å². The molecular formula is C17H16N4O2. The van der Waals surface area contributed by atoms with Crippen LogP contribution in [0.2, 0.25) is 0 Å². The van der Waals surface area contributed by atoms with Gasteiger partial charge in [-0.2, -0.15) is 0 Å². The van der Waals surface area contributed by atoms with Crippen LogP contribution in [-0.4, -0.2) is 34.2 Å². The third-order valence-corrected chi connectivity index (χ3v) is 3.34. The molecule has 1 N–H and O–H groups in total. The summed E-state index contributed by atoms with van der Waals surface area (Å²) in [6.45, 7) is 0.426. The lowest BCUT2D eigenvalue weighted by Gasteiger charge is -2.07. The molecule has 0 aliphatic carbocycles. The molecule has 0 spiro atoms. The van der Waals surface area contributed by atoms with Crippen LogP contribution in [0, 0.1) is 0 Å². The minimum Gasteiger partial charge on any atom is -0.382 e. The number of hydrogen-bond acceptors (Lipinski definition) is 5. The molecule has 0 bridgehead atoms. The number of nitrogens with one attached hydrogen (secondary N) is 1. The maximum absolute atomic E-state index is 12.1. The fraction of sp³-hybridized carbons (Fsp3) is 0.176. The first-order valence-electron chi connectivity index (χ1n) is 7.30. The smallest absolute Gasteiger partial charge is 0.264 e. The van der Waals surface area contributed by atoms with Gasteiger partial charge in [-0.3, -0.25) is 14.8 Å². The number of rotatable bonds is 5. The van der Waals surface area contributed by atoms with Crippen LogP contribution in [0.1, 0.15) is 17.5 Å². The van der Waals surface area contributed by atoms with Gasteiger partial charge >= 0.3 is 0 Å². The minimum atomic E-state index is -0.586. The first-order chi connectivity index (χ1) is 11.3. The van der Waals surface area contributed by atoms with Crippen molar-refractivity contribution >= 4 is 17.7 Å². The molecule has 0 saturated heterocycles. The molecule has 6 heteroatoms. The predicted octanol–water partition coefficient (Wildman–Crippen LogP) is 1.80. The van der Waals surface area contributed by atoms with E-state index in [2.05, 4.69) is 20.4 Å². The molecule has 0 fully saturated rings. The highest BCUT2D eigenvalue weighted by molar-refractivity contribution is 6.03. The summed E-state index contributed by atoms with van der Waals surface area (Å²) < 4.78 is 0. The zero-order chi connectivity index (χ0) is 15.9. The van der Waals surface area contributed by atoms with Crippen molar-refractivity contribution in [2.24, 2.45) is 5.16 Å². The highest BCUT2D eigenvalue weighted by Gasteiger charge is 2.28. The average molecular weight is 308 g/mol. The third-order valence-electron chi connectivity index (χ3n) is 3.34. The average Bonchev–Trinajstić information content (AvgIpc) is 3.10. The first kappa shape index (κ1) is 14.9. The first-order valence-corrected chi connectivity index (χ1v) is 7.30. The molecule has 3 rings (SSSR count). The number of carbonyl (C=O) groups excluding carboxylic acids is 1. The third kappa shape index (κ3) is 4.00. The van der Waals surface area contributed by atoms with Gasteiger partial charge in [0.15, 0.2) is 0 Å². The van der Waals surface area contributed by atoms with Crippen molar-refractivity contribution < 1.29 is 9.63 Å². The summed E-state index contributed by atoms with van der Waals surface area (Å²) in [6.07, 6.45) is 10.5. The molecular weight excluding hydrogens is 292 g/mol. The Balaban J connectivity index is 1.46. The Morgan fingerprint density at radius 3 is 2.83 bits per heavy atom. The Morgan fingerprint density at radius 2 is 2.09 bits per heavy atom. The maximum Gasteiger partial charge on any atom is 0.264 e. The molecule has 23 heavy (non-hydrogen) atoms. The quantitative estimate of drug-likeness (QED) is 0.914. The number of nitrogens with zero attached hydrogens (tertiary/aromatic N) is 3. The van der Waals surface area contributed by atoms with Crippen LogP contribution in [0.3, 0.4) is 0 Å². The lowest BCUT2D eigenvalue weighted by Crippen LogP contribution is -2.34. The summed E-state index contributed by atoms with van der Waals surface area (Å²) >= 11 is 0. The molecule has 3 heterocycles. The number of hydrogen-bond donors (Lipinski definition) is 1. The van der Waals surface area contributed by atoms with E-state index in [-0.39, 0.29) is 5.91 Å². The van der Waals surface area contributed by atoms with Gasteiger partial charge in [0.25, 0.3) is 5.91 Å². The van der Waals surface area contributed by atoms with Crippen molar-refractivity contribution in [1.82, 2.24) is 15.3 Å². The zero-order valence-electron chi connectivity index (χ0n) is 12.4. The second-order valence-corrected chi connectivity index (χ2v) is 5.01. The number of aromatic nitrogens is 2. The second-order valence-electron chi connectivity index (χ2n) is 5.01. The van der Waals surface area contributed by atoms with E-state index in [0.29, 0.717) is 13.0 Å². The number of pyridine rings is 2. The molecule has 0 radical (unpaired) electrons. The van der Waals surface area contributed by atoms with Crippen LogP contribution >= 0.6 is 0 Å². The Hall–Kier alpha value is -3.02. The van der Waals surface area contributed by atoms with E-state index < -0.39 is 6.10 Å². The normalized spacial score (nSPS) is 16.9. The molecule has 6 nitrogen and oxygen atoms in total. The van der Waals surface area contributed by atoms with Gasteiger partial charge in [-0.25, -0.2) is 0 Å². The van der Waals surface area contributed by atoms with E-state index >= 15 is 0 Å². The number of carbonyl (C=O) groups is 1. The van der Waals surface area contributed by atoms with Crippen LogP contribution in [0.25, 0.3) is 6.08 Å². The van der Waals surface area contributed by atoms with Crippen molar-refractivity contribution in [3.8, 4) is 0 Å². The van der Waals surface area contributed by atoms with E-state index in [1.165, 1.54) is 0 Å². The molecule has 1 unspecified atom stereocenters. The van der Waals surface area contributed by atoms with Gasteiger partial charge in [-0.05, 0) is 23.8 Å². The molecule has 1 amide bonds. The molecule has 0 aromatic carbocycles. The van der Waals surface area contributed by atoms with E-state index in [1.807, 2.05) is 36.4 Å². The van der Waals surface area contributed by atoms with Crippen molar-refractivity contribution in [2.45, 2.75) is 12.5 Å². The number of amides is 1.